The molecular weight excluding hydrogens is 300 g/mol. The maximum absolute atomic E-state index is 12.2. The summed E-state index contributed by atoms with van der Waals surface area (Å²) in [6.45, 7) is 0.513. The maximum atomic E-state index is 12.2. The molecule has 6 heteroatoms. The molecule has 0 radical (unpaired) electrons. The summed E-state index contributed by atoms with van der Waals surface area (Å²) in [5.41, 5.74) is 0.797. The van der Waals surface area contributed by atoms with Gasteiger partial charge in [0.2, 0.25) is 0 Å². The molecule has 0 saturated carbocycles. The number of aromatic nitrogens is 1. The van der Waals surface area contributed by atoms with E-state index in [-0.39, 0.29) is 24.3 Å². The monoisotopic (exact) mass is 314 g/mol. The summed E-state index contributed by atoms with van der Waals surface area (Å²) in [6.07, 6.45) is 3.45. The normalized spacial score (nSPS) is 16.5. The number of thioether (sulfide) groups is 1. The summed E-state index contributed by atoms with van der Waals surface area (Å²) >= 11 is 0.949. The van der Waals surface area contributed by atoms with Gasteiger partial charge in [-0.3, -0.25) is 14.5 Å². The van der Waals surface area contributed by atoms with E-state index in [2.05, 4.69) is 4.98 Å². The van der Waals surface area contributed by atoms with Crippen molar-refractivity contribution in [2.75, 3.05) is 13.2 Å². The average Bonchev–Trinajstić information content (AvgIpc) is 3.12. The second-order valence-corrected chi connectivity index (χ2v) is 5.61. The standard InChI is InChI=1S/C16H14N2O3S/c19-15-14(11-12-5-4-8-17-12)22-16(20)18(15)9-10-21-13-6-2-1-3-7-13/h1-8,11,17H,9-10H2/b14-11-. The van der Waals surface area contributed by atoms with Gasteiger partial charge in [-0.25, -0.2) is 0 Å². The predicted molar refractivity (Wildman–Crippen MR) is 85.4 cm³/mol. The van der Waals surface area contributed by atoms with Crippen LogP contribution in [0.3, 0.4) is 0 Å². The van der Waals surface area contributed by atoms with Crippen LogP contribution in [0.1, 0.15) is 5.69 Å². The summed E-state index contributed by atoms with van der Waals surface area (Å²) < 4.78 is 5.52. The molecule has 22 heavy (non-hydrogen) atoms. The lowest BCUT2D eigenvalue weighted by molar-refractivity contribution is -0.123. The highest BCUT2D eigenvalue weighted by molar-refractivity contribution is 8.18. The molecule has 0 atom stereocenters. The van der Waals surface area contributed by atoms with Gasteiger partial charge in [0.25, 0.3) is 11.1 Å². The largest absolute Gasteiger partial charge is 0.492 e. The number of nitrogens with one attached hydrogen (secondary N) is 1. The van der Waals surface area contributed by atoms with E-state index in [9.17, 15) is 9.59 Å². The van der Waals surface area contributed by atoms with Crippen LogP contribution in [0.15, 0.2) is 53.6 Å². The lowest BCUT2D eigenvalue weighted by Gasteiger charge is -2.13. The zero-order chi connectivity index (χ0) is 15.4. The van der Waals surface area contributed by atoms with Gasteiger partial charge in [-0.1, -0.05) is 18.2 Å². The molecule has 1 aliphatic rings. The molecule has 1 fully saturated rings. The van der Waals surface area contributed by atoms with Crippen LogP contribution in [-0.4, -0.2) is 34.2 Å². The van der Waals surface area contributed by atoms with Crippen LogP contribution >= 0.6 is 11.8 Å². The van der Waals surface area contributed by atoms with Crippen LogP contribution in [0.5, 0.6) is 5.75 Å². The highest BCUT2D eigenvalue weighted by Crippen LogP contribution is 2.31. The molecule has 2 aromatic rings. The van der Waals surface area contributed by atoms with Crippen LogP contribution in [0.25, 0.3) is 6.08 Å². The second kappa shape index (κ2) is 6.53. The minimum Gasteiger partial charge on any atom is -0.492 e. The minimum absolute atomic E-state index is 0.238. The molecule has 0 spiro atoms. The number of hydrogen-bond donors (Lipinski definition) is 1. The van der Waals surface area contributed by atoms with Gasteiger partial charge in [0.1, 0.15) is 12.4 Å². The Balaban J connectivity index is 1.60. The first-order valence-corrected chi connectivity index (χ1v) is 7.62. The van der Waals surface area contributed by atoms with Crippen molar-refractivity contribution >= 4 is 29.0 Å². The summed E-state index contributed by atoms with van der Waals surface area (Å²) in [4.78, 5) is 28.8. The molecule has 2 heterocycles. The van der Waals surface area contributed by atoms with E-state index in [0.29, 0.717) is 4.91 Å². The Labute approximate surface area is 132 Å². The van der Waals surface area contributed by atoms with Crippen molar-refractivity contribution in [2.45, 2.75) is 0 Å². The van der Waals surface area contributed by atoms with E-state index >= 15 is 0 Å². The van der Waals surface area contributed by atoms with E-state index in [1.165, 1.54) is 4.90 Å². The highest BCUT2D eigenvalue weighted by atomic mass is 32.2. The fourth-order valence-electron chi connectivity index (χ4n) is 2.04. The lowest BCUT2D eigenvalue weighted by Crippen LogP contribution is -2.32. The molecule has 3 rings (SSSR count). The van der Waals surface area contributed by atoms with Gasteiger partial charge < -0.3 is 9.72 Å². The summed E-state index contributed by atoms with van der Waals surface area (Å²) in [7, 11) is 0. The van der Waals surface area contributed by atoms with Crippen molar-refractivity contribution in [1.29, 1.82) is 0 Å². The molecule has 1 N–H and O–H groups in total. The SMILES string of the molecule is O=C1S/C(=C\c2ccc[nH]2)C(=O)N1CCOc1ccccc1. The number of aromatic amines is 1. The lowest BCUT2D eigenvalue weighted by atomic mass is 10.3. The van der Waals surface area contributed by atoms with Gasteiger partial charge in [0.15, 0.2) is 0 Å². The van der Waals surface area contributed by atoms with Crippen molar-refractivity contribution in [3.05, 3.63) is 59.3 Å². The van der Waals surface area contributed by atoms with Crippen LogP contribution in [-0.2, 0) is 4.79 Å². The molecule has 5 nitrogen and oxygen atoms in total. The van der Waals surface area contributed by atoms with E-state index in [4.69, 9.17) is 4.74 Å². The smallest absolute Gasteiger partial charge is 0.293 e. The number of para-hydroxylation sites is 1. The molecule has 2 amide bonds. The fourth-order valence-corrected chi connectivity index (χ4v) is 2.90. The number of rotatable bonds is 5. The van der Waals surface area contributed by atoms with Crippen LogP contribution in [0.4, 0.5) is 4.79 Å². The number of carbonyl (C=O) groups is 2. The first-order valence-electron chi connectivity index (χ1n) is 6.80. The third-order valence-corrected chi connectivity index (χ3v) is 4.02. The Morgan fingerprint density at radius 1 is 1.14 bits per heavy atom. The van der Waals surface area contributed by atoms with Gasteiger partial charge in [-0.15, -0.1) is 0 Å². The zero-order valence-corrected chi connectivity index (χ0v) is 12.5. The average molecular weight is 314 g/mol. The number of H-pyrrole nitrogens is 1. The van der Waals surface area contributed by atoms with Crippen LogP contribution in [0, 0.1) is 0 Å². The Kier molecular flexibility index (Phi) is 4.29. The molecule has 0 unspecified atom stereocenters. The molecule has 1 aromatic heterocycles. The van der Waals surface area contributed by atoms with E-state index in [0.717, 1.165) is 23.2 Å². The summed E-state index contributed by atoms with van der Waals surface area (Å²) in [6, 6.07) is 13.0. The number of benzene rings is 1. The molecule has 112 valence electrons. The number of carbonyl (C=O) groups excluding carboxylic acids is 2. The number of hydrogen-bond acceptors (Lipinski definition) is 4. The van der Waals surface area contributed by atoms with E-state index in [1.807, 2.05) is 42.5 Å². The number of amides is 2. The second-order valence-electron chi connectivity index (χ2n) is 4.62. The summed E-state index contributed by atoms with van der Waals surface area (Å²) in [5, 5.41) is -0.264. The summed E-state index contributed by atoms with van der Waals surface area (Å²) in [5.74, 6) is 0.442. The fraction of sp³-hybridized carbons (Fsp3) is 0.125. The Bertz CT molecular complexity index is 695. The topological polar surface area (TPSA) is 62.4 Å². The predicted octanol–water partition coefficient (Wildman–Crippen LogP) is 3.13. The van der Waals surface area contributed by atoms with Gasteiger partial charge >= 0.3 is 0 Å². The van der Waals surface area contributed by atoms with Crippen LogP contribution < -0.4 is 4.74 Å². The van der Waals surface area contributed by atoms with Crippen molar-refractivity contribution in [1.82, 2.24) is 9.88 Å². The molecule has 0 aliphatic carbocycles. The molecular formula is C16H14N2O3S. The molecule has 1 aromatic carbocycles. The van der Waals surface area contributed by atoms with Gasteiger partial charge in [-0.05, 0) is 42.1 Å². The molecule has 1 saturated heterocycles. The van der Waals surface area contributed by atoms with E-state index in [1.54, 1.807) is 12.3 Å². The Hall–Kier alpha value is -2.47. The first-order chi connectivity index (χ1) is 10.7. The van der Waals surface area contributed by atoms with Gasteiger partial charge in [0.05, 0.1) is 11.4 Å². The Morgan fingerprint density at radius 3 is 2.68 bits per heavy atom. The minimum atomic E-state index is -0.277. The van der Waals surface area contributed by atoms with Gasteiger partial charge in [0, 0.05) is 11.9 Å². The maximum Gasteiger partial charge on any atom is 0.293 e. The zero-order valence-electron chi connectivity index (χ0n) is 11.7. The molecule has 1 aliphatic heterocycles. The van der Waals surface area contributed by atoms with Gasteiger partial charge in [-0.2, -0.15) is 0 Å². The highest BCUT2D eigenvalue weighted by Gasteiger charge is 2.34. The Morgan fingerprint density at radius 2 is 1.95 bits per heavy atom. The number of ether oxygens (including phenoxy) is 1. The molecule has 0 bridgehead atoms. The third kappa shape index (κ3) is 3.23. The van der Waals surface area contributed by atoms with E-state index < -0.39 is 0 Å². The number of nitrogens with zero attached hydrogens (tertiary/aromatic N) is 1. The number of imide groups is 1. The van der Waals surface area contributed by atoms with Crippen LogP contribution in [0.2, 0.25) is 0 Å². The van der Waals surface area contributed by atoms with Crippen molar-refractivity contribution in [3.8, 4) is 5.75 Å². The van der Waals surface area contributed by atoms with Crippen molar-refractivity contribution in [2.24, 2.45) is 0 Å². The van der Waals surface area contributed by atoms with Crippen molar-refractivity contribution < 1.29 is 14.3 Å². The first kappa shape index (κ1) is 14.5. The quantitative estimate of drug-likeness (QED) is 0.861. The van der Waals surface area contributed by atoms with Crippen molar-refractivity contribution in [3.63, 3.8) is 0 Å². The third-order valence-electron chi connectivity index (χ3n) is 3.11.